The van der Waals surface area contributed by atoms with E-state index in [1.165, 1.54) is 4.68 Å². The van der Waals surface area contributed by atoms with Crippen molar-refractivity contribution in [2.75, 3.05) is 11.4 Å². The minimum Gasteiger partial charge on any atom is -0.348 e. The molecule has 1 fully saturated rings. The Hall–Kier alpha value is -3.26. The fourth-order valence-corrected chi connectivity index (χ4v) is 3.56. The summed E-state index contributed by atoms with van der Waals surface area (Å²) in [4.78, 5) is 26.9. The van der Waals surface area contributed by atoms with Crippen LogP contribution in [0.3, 0.4) is 0 Å². The van der Waals surface area contributed by atoms with Crippen LogP contribution in [0.4, 0.5) is 5.69 Å². The van der Waals surface area contributed by atoms with Gasteiger partial charge in [-0.05, 0) is 71.8 Å². The summed E-state index contributed by atoms with van der Waals surface area (Å²) in [5.74, 6) is -0.176. The molecule has 1 aromatic heterocycles. The zero-order chi connectivity index (χ0) is 21.3. The molecule has 1 atom stereocenters. The quantitative estimate of drug-likeness (QED) is 0.679. The smallest absolute Gasteiger partial charge is 0.227 e. The average molecular weight is 425 g/mol. The minimum absolute atomic E-state index is 0.0515. The molecule has 8 nitrogen and oxygen atoms in total. The minimum atomic E-state index is -0.418. The molecule has 30 heavy (non-hydrogen) atoms. The standard InChI is InChI=1S/C21H21ClN6O2/c1-13-3-6-18(9-14(13)2)27-12-15(10-20(27)29)21(30)23-11-19-24-25-26-28(19)17-7-4-16(22)5-8-17/h3-9,15H,10-12H2,1-2H3,(H,23,30). The zero-order valence-corrected chi connectivity index (χ0v) is 17.4. The molecular weight excluding hydrogens is 404 g/mol. The number of aryl methyl sites for hydroxylation is 2. The van der Waals surface area contributed by atoms with Crippen LogP contribution in [0.25, 0.3) is 5.69 Å². The maximum Gasteiger partial charge on any atom is 0.227 e. The molecule has 1 aliphatic heterocycles. The summed E-state index contributed by atoms with van der Waals surface area (Å²) in [7, 11) is 0. The summed E-state index contributed by atoms with van der Waals surface area (Å²) in [6, 6.07) is 13.0. The maximum atomic E-state index is 12.7. The Morgan fingerprint density at radius 1 is 1.13 bits per heavy atom. The van der Waals surface area contributed by atoms with Crippen LogP contribution in [0.15, 0.2) is 42.5 Å². The molecule has 0 saturated carbocycles. The van der Waals surface area contributed by atoms with Crippen LogP contribution in [0.2, 0.25) is 5.02 Å². The van der Waals surface area contributed by atoms with Gasteiger partial charge in [0.15, 0.2) is 5.82 Å². The SMILES string of the molecule is Cc1ccc(N2CC(C(=O)NCc3nnnn3-c3ccc(Cl)cc3)CC2=O)cc1C. The van der Waals surface area contributed by atoms with Gasteiger partial charge in [-0.1, -0.05) is 17.7 Å². The second kappa shape index (κ2) is 8.23. The summed E-state index contributed by atoms with van der Waals surface area (Å²) < 4.78 is 1.54. The lowest BCUT2D eigenvalue weighted by atomic mass is 10.1. The number of anilines is 1. The fourth-order valence-electron chi connectivity index (χ4n) is 3.44. The third kappa shape index (κ3) is 4.04. The third-order valence-corrected chi connectivity index (χ3v) is 5.58. The number of tetrazole rings is 1. The molecule has 9 heteroatoms. The van der Waals surface area contributed by atoms with Crippen molar-refractivity contribution < 1.29 is 9.59 Å². The molecule has 0 aliphatic carbocycles. The van der Waals surface area contributed by atoms with E-state index in [2.05, 4.69) is 20.8 Å². The summed E-state index contributed by atoms with van der Waals surface area (Å²) in [6.45, 7) is 4.55. The van der Waals surface area contributed by atoms with E-state index in [0.717, 1.165) is 22.5 Å². The van der Waals surface area contributed by atoms with E-state index in [0.29, 0.717) is 17.4 Å². The van der Waals surface area contributed by atoms with Crippen LogP contribution in [-0.4, -0.2) is 38.6 Å². The first-order valence-corrected chi connectivity index (χ1v) is 9.98. The molecular formula is C21H21ClN6O2. The number of benzene rings is 2. The molecule has 0 bridgehead atoms. The number of nitrogens with zero attached hydrogens (tertiary/aromatic N) is 5. The third-order valence-electron chi connectivity index (χ3n) is 5.32. The molecule has 1 aliphatic rings. The van der Waals surface area contributed by atoms with Crippen molar-refractivity contribution in [1.29, 1.82) is 0 Å². The van der Waals surface area contributed by atoms with Crippen LogP contribution < -0.4 is 10.2 Å². The Kier molecular flexibility index (Phi) is 5.50. The first-order valence-electron chi connectivity index (χ1n) is 9.61. The van der Waals surface area contributed by atoms with E-state index in [-0.39, 0.29) is 24.8 Å². The predicted octanol–water partition coefficient (Wildman–Crippen LogP) is 2.60. The van der Waals surface area contributed by atoms with Gasteiger partial charge >= 0.3 is 0 Å². The Balaban J connectivity index is 1.41. The number of halogens is 1. The first kappa shape index (κ1) is 20.0. The molecule has 0 radical (unpaired) electrons. The van der Waals surface area contributed by atoms with Gasteiger partial charge in [-0.25, -0.2) is 0 Å². The van der Waals surface area contributed by atoms with Crippen molar-refractivity contribution in [1.82, 2.24) is 25.5 Å². The Morgan fingerprint density at radius 3 is 2.60 bits per heavy atom. The lowest BCUT2D eigenvalue weighted by Crippen LogP contribution is -2.33. The van der Waals surface area contributed by atoms with Gasteiger partial charge in [0.25, 0.3) is 0 Å². The molecule has 3 aromatic rings. The van der Waals surface area contributed by atoms with Gasteiger partial charge in [0.05, 0.1) is 18.2 Å². The lowest BCUT2D eigenvalue weighted by Gasteiger charge is -2.18. The highest BCUT2D eigenvalue weighted by molar-refractivity contribution is 6.30. The number of hydrogen-bond acceptors (Lipinski definition) is 5. The number of nitrogens with one attached hydrogen (secondary N) is 1. The number of hydrogen-bond donors (Lipinski definition) is 1. The molecule has 1 saturated heterocycles. The predicted molar refractivity (Wildman–Crippen MR) is 112 cm³/mol. The van der Waals surface area contributed by atoms with Gasteiger partial charge in [-0.3, -0.25) is 9.59 Å². The van der Waals surface area contributed by atoms with Crippen LogP contribution in [-0.2, 0) is 16.1 Å². The topological polar surface area (TPSA) is 93.0 Å². The van der Waals surface area contributed by atoms with Gasteiger partial charge in [-0.2, -0.15) is 4.68 Å². The first-order chi connectivity index (χ1) is 14.4. The summed E-state index contributed by atoms with van der Waals surface area (Å²) in [5, 5.41) is 15.1. The number of amides is 2. The van der Waals surface area contributed by atoms with E-state index in [1.54, 1.807) is 29.2 Å². The van der Waals surface area contributed by atoms with E-state index < -0.39 is 5.92 Å². The number of carbonyl (C=O) groups is 2. The Labute approximate surface area is 178 Å². The van der Waals surface area contributed by atoms with Gasteiger partial charge in [0.2, 0.25) is 11.8 Å². The van der Waals surface area contributed by atoms with Crippen LogP contribution in [0.5, 0.6) is 0 Å². The Bertz CT molecular complexity index is 1100. The summed E-state index contributed by atoms with van der Waals surface area (Å²) in [6.07, 6.45) is 0.181. The second-order valence-electron chi connectivity index (χ2n) is 7.38. The van der Waals surface area contributed by atoms with Crippen molar-refractivity contribution >= 4 is 29.1 Å². The van der Waals surface area contributed by atoms with Crippen LogP contribution in [0.1, 0.15) is 23.4 Å². The average Bonchev–Trinajstić information content (AvgIpc) is 3.35. The van der Waals surface area contributed by atoms with Crippen molar-refractivity contribution in [2.45, 2.75) is 26.8 Å². The molecule has 2 heterocycles. The van der Waals surface area contributed by atoms with E-state index in [4.69, 9.17) is 11.6 Å². The lowest BCUT2D eigenvalue weighted by molar-refractivity contribution is -0.126. The highest BCUT2D eigenvalue weighted by atomic mass is 35.5. The number of carbonyl (C=O) groups excluding carboxylic acids is 2. The van der Waals surface area contributed by atoms with E-state index in [9.17, 15) is 9.59 Å². The molecule has 154 valence electrons. The van der Waals surface area contributed by atoms with Crippen molar-refractivity contribution in [2.24, 2.45) is 5.92 Å². The summed E-state index contributed by atoms with van der Waals surface area (Å²) >= 11 is 5.92. The molecule has 1 N–H and O–H groups in total. The van der Waals surface area contributed by atoms with Crippen LogP contribution >= 0.6 is 11.6 Å². The molecule has 1 unspecified atom stereocenters. The maximum absolute atomic E-state index is 12.7. The van der Waals surface area contributed by atoms with Gasteiger partial charge in [0.1, 0.15) is 0 Å². The van der Waals surface area contributed by atoms with Crippen LogP contribution in [0, 0.1) is 19.8 Å². The van der Waals surface area contributed by atoms with Crippen molar-refractivity contribution in [3.05, 3.63) is 64.4 Å². The largest absolute Gasteiger partial charge is 0.348 e. The molecule has 2 amide bonds. The monoisotopic (exact) mass is 424 g/mol. The second-order valence-corrected chi connectivity index (χ2v) is 7.81. The highest BCUT2D eigenvalue weighted by Crippen LogP contribution is 2.27. The van der Waals surface area contributed by atoms with Gasteiger partial charge in [0, 0.05) is 23.7 Å². The normalized spacial score (nSPS) is 16.2. The molecule has 2 aromatic carbocycles. The molecule has 4 rings (SSSR count). The van der Waals surface area contributed by atoms with Crippen molar-refractivity contribution in [3.63, 3.8) is 0 Å². The van der Waals surface area contributed by atoms with Gasteiger partial charge < -0.3 is 10.2 Å². The highest BCUT2D eigenvalue weighted by Gasteiger charge is 2.35. The Morgan fingerprint density at radius 2 is 1.87 bits per heavy atom. The zero-order valence-electron chi connectivity index (χ0n) is 16.7. The number of aromatic nitrogens is 4. The van der Waals surface area contributed by atoms with E-state index >= 15 is 0 Å². The number of rotatable bonds is 5. The fraction of sp³-hybridized carbons (Fsp3) is 0.286. The summed E-state index contributed by atoms with van der Waals surface area (Å²) in [5.41, 5.74) is 3.84. The van der Waals surface area contributed by atoms with Gasteiger partial charge in [-0.15, -0.1) is 5.10 Å². The molecule has 0 spiro atoms. The van der Waals surface area contributed by atoms with E-state index in [1.807, 2.05) is 32.0 Å². The van der Waals surface area contributed by atoms with Crippen molar-refractivity contribution in [3.8, 4) is 5.69 Å².